The molecule has 1 aromatic heterocycles. The summed E-state index contributed by atoms with van der Waals surface area (Å²) in [5.74, 6) is 0. The lowest BCUT2D eigenvalue weighted by Gasteiger charge is -2.12. The number of aromatic nitrogens is 3. The molecule has 0 bridgehead atoms. The van der Waals surface area contributed by atoms with Gasteiger partial charge >= 0.3 is 6.09 Å². The summed E-state index contributed by atoms with van der Waals surface area (Å²) < 4.78 is 1.85. The van der Waals surface area contributed by atoms with Crippen LogP contribution in [0.5, 0.6) is 0 Å². The zero-order valence-corrected chi connectivity index (χ0v) is 11.4. The van der Waals surface area contributed by atoms with Crippen molar-refractivity contribution < 1.29 is 9.90 Å². The topological polar surface area (TPSA) is 80.0 Å². The van der Waals surface area contributed by atoms with Crippen LogP contribution in [0, 0.1) is 0 Å². The van der Waals surface area contributed by atoms with E-state index in [1.807, 2.05) is 36.7 Å². The third kappa shape index (κ3) is 3.47. The molecule has 2 rings (SSSR count). The van der Waals surface area contributed by atoms with Crippen LogP contribution in [-0.4, -0.2) is 26.0 Å². The van der Waals surface area contributed by atoms with Crippen LogP contribution < -0.4 is 5.32 Å². The Morgan fingerprint density at radius 3 is 2.95 bits per heavy atom. The van der Waals surface area contributed by atoms with Gasteiger partial charge in [-0.1, -0.05) is 23.9 Å². The summed E-state index contributed by atoms with van der Waals surface area (Å²) in [6.45, 7) is 2.04. The van der Waals surface area contributed by atoms with Gasteiger partial charge in [-0.05, 0) is 24.6 Å². The van der Waals surface area contributed by atoms with E-state index in [1.165, 1.54) is 0 Å². The Morgan fingerprint density at radius 2 is 2.32 bits per heavy atom. The van der Waals surface area contributed by atoms with Gasteiger partial charge in [-0.3, -0.25) is 5.32 Å². The van der Waals surface area contributed by atoms with Crippen molar-refractivity contribution in [2.75, 3.05) is 5.32 Å². The normalized spacial score (nSPS) is 12.1. The number of hydrogen-bond acceptors (Lipinski definition) is 4. The summed E-state index contributed by atoms with van der Waals surface area (Å²) in [6.07, 6.45) is 0.586. The number of amides is 1. The summed E-state index contributed by atoms with van der Waals surface area (Å²) in [5.41, 5.74) is 1.59. The number of thioether (sulfide) groups is 1. The summed E-state index contributed by atoms with van der Waals surface area (Å²) in [5, 5.41) is 19.9. The fourth-order valence-corrected chi connectivity index (χ4v) is 2.50. The van der Waals surface area contributed by atoms with E-state index in [2.05, 4.69) is 15.5 Å². The lowest BCUT2D eigenvalue weighted by Crippen LogP contribution is -2.07. The van der Waals surface area contributed by atoms with Crippen LogP contribution in [0.25, 0.3) is 0 Å². The zero-order valence-electron chi connectivity index (χ0n) is 10.6. The molecule has 0 spiro atoms. The van der Waals surface area contributed by atoms with Crippen molar-refractivity contribution in [3.8, 4) is 0 Å². The van der Waals surface area contributed by atoms with Crippen molar-refractivity contribution in [3.05, 3.63) is 36.2 Å². The Labute approximate surface area is 114 Å². The van der Waals surface area contributed by atoms with Crippen molar-refractivity contribution in [1.82, 2.24) is 14.8 Å². The molecule has 6 nitrogen and oxygen atoms in total. The Bertz CT molecular complexity index is 585. The van der Waals surface area contributed by atoms with E-state index < -0.39 is 6.09 Å². The molecule has 1 atom stereocenters. The fourth-order valence-electron chi connectivity index (χ4n) is 1.60. The van der Waals surface area contributed by atoms with Gasteiger partial charge in [0.25, 0.3) is 0 Å². The Morgan fingerprint density at radius 1 is 1.53 bits per heavy atom. The molecule has 0 fully saturated rings. The SMILES string of the molecule is CC(Sc1nncn1C)c1cccc(NC(=O)O)c1. The second-order valence-corrected chi connectivity index (χ2v) is 5.35. The van der Waals surface area contributed by atoms with E-state index in [9.17, 15) is 4.79 Å². The van der Waals surface area contributed by atoms with Crippen molar-refractivity contribution in [1.29, 1.82) is 0 Å². The van der Waals surface area contributed by atoms with Gasteiger partial charge < -0.3 is 9.67 Å². The smallest absolute Gasteiger partial charge is 0.409 e. The summed E-state index contributed by atoms with van der Waals surface area (Å²) in [4.78, 5) is 10.6. The molecule has 1 aromatic carbocycles. The van der Waals surface area contributed by atoms with Crippen molar-refractivity contribution in [2.45, 2.75) is 17.3 Å². The van der Waals surface area contributed by atoms with Gasteiger partial charge in [0.15, 0.2) is 5.16 Å². The number of aryl methyl sites for hydroxylation is 1. The van der Waals surface area contributed by atoms with E-state index in [0.717, 1.165) is 10.7 Å². The number of benzene rings is 1. The van der Waals surface area contributed by atoms with Gasteiger partial charge in [-0.25, -0.2) is 4.79 Å². The van der Waals surface area contributed by atoms with E-state index >= 15 is 0 Å². The Kier molecular flexibility index (Phi) is 4.06. The standard InChI is InChI=1S/C12H14N4O2S/c1-8(19-11-15-13-7-16(11)2)9-4-3-5-10(6-9)14-12(17)18/h3-8,14H,1-2H3,(H,17,18). The number of carboxylic acid groups (broad SMARTS) is 1. The molecule has 0 aliphatic rings. The Balaban J connectivity index is 2.12. The molecule has 1 unspecified atom stereocenters. The van der Waals surface area contributed by atoms with Gasteiger partial charge in [0.05, 0.1) is 0 Å². The minimum atomic E-state index is -1.06. The quantitative estimate of drug-likeness (QED) is 0.841. The molecule has 0 saturated carbocycles. The minimum Gasteiger partial charge on any atom is -0.465 e. The average molecular weight is 278 g/mol. The first kappa shape index (κ1) is 13.4. The second kappa shape index (κ2) is 5.75. The maximum atomic E-state index is 10.6. The lowest BCUT2D eigenvalue weighted by atomic mass is 10.1. The predicted octanol–water partition coefficient (Wildman–Crippen LogP) is 2.76. The van der Waals surface area contributed by atoms with Crippen LogP contribution in [-0.2, 0) is 7.05 Å². The number of carbonyl (C=O) groups is 1. The summed E-state index contributed by atoms with van der Waals surface area (Å²) in [6, 6.07) is 7.33. The van der Waals surface area contributed by atoms with Gasteiger partial charge in [-0.2, -0.15) is 0 Å². The molecular formula is C12H14N4O2S. The highest BCUT2D eigenvalue weighted by Crippen LogP contribution is 2.33. The third-order valence-electron chi connectivity index (χ3n) is 2.56. The van der Waals surface area contributed by atoms with E-state index in [4.69, 9.17) is 5.11 Å². The Hall–Kier alpha value is -2.02. The molecule has 1 amide bonds. The first-order chi connectivity index (χ1) is 9.06. The van der Waals surface area contributed by atoms with Crippen LogP contribution in [0.2, 0.25) is 0 Å². The third-order valence-corrected chi connectivity index (χ3v) is 3.77. The summed E-state index contributed by atoms with van der Waals surface area (Å²) in [7, 11) is 1.89. The van der Waals surface area contributed by atoms with Gasteiger partial charge in [-0.15, -0.1) is 10.2 Å². The van der Waals surface area contributed by atoms with E-state index in [1.54, 1.807) is 24.2 Å². The first-order valence-corrected chi connectivity index (χ1v) is 6.55. The number of hydrogen-bond donors (Lipinski definition) is 2. The summed E-state index contributed by atoms with van der Waals surface area (Å²) >= 11 is 1.57. The van der Waals surface area contributed by atoms with Crippen LogP contribution in [0.4, 0.5) is 10.5 Å². The molecule has 0 radical (unpaired) electrons. The molecule has 100 valence electrons. The molecular weight excluding hydrogens is 264 g/mol. The number of nitrogens with one attached hydrogen (secondary N) is 1. The minimum absolute atomic E-state index is 0.151. The van der Waals surface area contributed by atoms with Crippen LogP contribution in [0.3, 0.4) is 0 Å². The lowest BCUT2D eigenvalue weighted by molar-refractivity contribution is 0.210. The average Bonchev–Trinajstić information content (AvgIpc) is 2.74. The highest BCUT2D eigenvalue weighted by atomic mass is 32.2. The largest absolute Gasteiger partial charge is 0.465 e. The zero-order chi connectivity index (χ0) is 13.8. The molecule has 0 aliphatic heterocycles. The van der Waals surface area contributed by atoms with E-state index in [0.29, 0.717) is 5.69 Å². The molecule has 19 heavy (non-hydrogen) atoms. The fraction of sp³-hybridized carbons (Fsp3) is 0.250. The number of rotatable bonds is 4. The van der Waals surface area contributed by atoms with Gasteiger partial charge in [0.1, 0.15) is 6.33 Å². The molecule has 7 heteroatoms. The van der Waals surface area contributed by atoms with Gasteiger partial charge in [0.2, 0.25) is 0 Å². The molecule has 2 N–H and O–H groups in total. The molecule has 0 saturated heterocycles. The maximum absolute atomic E-state index is 10.6. The number of nitrogens with zero attached hydrogens (tertiary/aromatic N) is 3. The monoisotopic (exact) mass is 278 g/mol. The highest BCUT2D eigenvalue weighted by molar-refractivity contribution is 7.99. The van der Waals surface area contributed by atoms with Crippen molar-refractivity contribution in [3.63, 3.8) is 0 Å². The maximum Gasteiger partial charge on any atom is 0.409 e. The predicted molar refractivity (Wildman–Crippen MR) is 73.4 cm³/mol. The molecule has 0 aliphatic carbocycles. The molecule has 2 aromatic rings. The number of anilines is 1. The first-order valence-electron chi connectivity index (χ1n) is 5.67. The second-order valence-electron chi connectivity index (χ2n) is 4.04. The van der Waals surface area contributed by atoms with E-state index in [-0.39, 0.29) is 5.25 Å². The van der Waals surface area contributed by atoms with Crippen LogP contribution >= 0.6 is 11.8 Å². The van der Waals surface area contributed by atoms with Crippen molar-refractivity contribution >= 4 is 23.5 Å². The molecule has 1 heterocycles. The van der Waals surface area contributed by atoms with Crippen LogP contribution in [0.15, 0.2) is 35.7 Å². The highest BCUT2D eigenvalue weighted by Gasteiger charge is 2.12. The van der Waals surface area contributed by atoms with Gasteiger partial charge in [0, 0.05) is 18.0 Å². The van der Waals surface area contributed by atoms with Crippen LogP contribution in [0.1, 0.15) is 17.7 Å². The van der Waals surface area contributed by atoms with Crippen molar-refractivity contribution in [2.24, 2.45) is 7.05 Å².